The van der Waals surface area contributed by atoms with Gasteiger partial charge in [0, 0.05) is 23.5 Å². The highest BCUT2D eigenvalue weighted by atomic mass is 16.5. The van der Waals surface area contributed by atoms with Crippen LogP contribution in [0.15, 0.2) is 79.1 Å². The highest BCUT2D eigenvalue weighted by Crippen LogP contribution is 2.42. The van der Waals surface area contributed by atoms with Crippen molar-refractivity contribution in [3.8, 4) is 5.75 Å². The number of carbonyl (C=O) groups excluding carboxylic acids is 2. The number of rotatable bonds is 7. The lowest BCUT2D eigenvalue weighted by atomic mass is 9.88. The number of fused-ring (bicyclic) bond motifs is 1. The van der Waals surface area contributed by atoms with Gasteiger partial charge >= 0.3 is 0 Å². The Morgan fingerprint density at radius 2 is 1.79 bits per heavy atom. The molecule has 0 unspecified atom stereocenters. The number of ether oxygens (including phenoxy) is 1. The molecule has 1 atom stereocenters. The number of carbonyl (C=O) groups is 2. The molecule has 6 heteroatoms. The molecule has 1 aliphatic rings. The number of benzene rings is 2. The van der Waals surface area contributed by atoms with Crippen LogP contribution in [0, 0.1) is 0 Å². The molecule has 3 aromatic rings. The van der Waals surface area contributed by atoms with Gasteiger partial charge in [0.05, 0.1) is 18.7 Å². The van der Waals surface area contributed by atoms with Crippen molar-refractivity contribution in [2.24, 2.45) is 0 Å². The van der Waals surface area contributed by atoms with Crippen LogP contribution in [0.25, 0.3) is 0 Å². The van der Waals surface area contributed by atoms with E-state index in [1.54, 1.807) is 42.6 Å². The largest absolute Gasteiger partial charge is 0.492 e. The summed E-state index contributed by atoms with van der Waals surface area (Å²) in [6.07, 6.45) is 2.66. The van der Waals surface area contributed by atoms with E-state index in [0.29, 0.717) is 22.6 Å². The molecule has 1 aromatic heterocycles. The number of aromatic nitrogens is 1. The fraction of sp³-hybridized carbons (Fsp3) is 0.174. The number of hydrogen-bond acceptors (Lipinski definition) is 5. The van der Waals surface area contributed by atoms with E-state index in [2.05, 4.69) is 4.98 Å². The second-order valence-corrected chi connectivity index (χ2v) is 6.84. The molecule has 0 radical (unpaired) electrons. The van der Waals surface area contributed by atoms with Gasteiger partial charge in [-0.3, -0.25) is 14.6 Å². The minimum absolute atomic E-state index is 0.258. The van der Waals surface area contributed by atoms with Crippen molar-refractivity contribution in [3.63, 3.8) is 0 Å². The second kappa shape index (κ2) is 7.85. The Hall–Kier alpha value is -3.51. The van der Waals surface area contributed by atoms with Gasteiger partial charge in [-0.25, -0.2) is 0 Å². The summed E-state index contributed by atoms with van der Waals surface area (Å²) in [6, 6.07) is 19.6. The summed E-state index contributed by atoms with van der Waals surface area (Å²) < 4.78 is 5.70. The molecule has 1 amide bonds. The summed E-state index contributed by atoms with van der Waals surface area (Å²) in [6.45, 7) is 0.519. The lowest BCUT2D eigenvalue weighted by Crippen LogP contribution is -2.43. The van der Waals surface area contributed by atoms with Crippen LogP contribution in [0.1, 0.15) is 22.3 Å². The predicted molar refractivity (Wildman–Crippen MR) is 108 cm³/mol. The fourth-order valence-electron chi connectivity index (χ4n) is 3.53. The summed E-state index contributed by atoms with van der Waals surface area (Å²) in [5, 5.41) is 11.3. The van der Waals surface area contributed by atoms with Gasteiger partial charge in [-0.15, -0.1) is 0 Å². The SMILES string of the molecule is O=C(C[C@@]1(O)C(=O)N(CCOc2ccccc2)c2ccccc21)c1cccnc1. The number of para-hydroxylation sites is 2. The lowest BCUT2D eigenvalue weighted by Gasteiger charge is -2.22. The van der Waals surface area contributed by atoms with Crippen molar-refractivity contribution in [2.45, 2.75) is 12.0 Å². The zero-order chi connectivity index (χ0) is 20.3. The summed E-state index contributed by atoms with van der Waals surface area (Å²) in [7, 11) is 0. The number of nitrogens with zero attached hydrogens (tertiary/aromatic N) is 2. The first kappa shape index (κ1) is 18.8. The Bertz CT molecular complexity index is 1020. The molecule has 1 aliphatic heterocycles. The van der Waals surface area contributed by atoms with E-state index >= 15 is 0 Å². The van der Waals surface area contributed by atoms with Gasteiger partial charge in [0.25, 0.3) is 5.91 Å². The Morgan fingerprint density at radius 1 is 1.03 bits per heavy atom. The first-order valence-electron chi connectivity index (χ1n) is 9.34. The summed E-state index contributed by atoms with van der Waals surface area (Å²) in [4.78, 5) is 31.2. The number of hydrogen-bond donors (Lipinski definition) is 1. The van der Waals surface area contributed by atoms with Crippen molar-refractivity contribution >= 4 is 17.4 Å². The van der Waals surface area contributed by atoms with Crippen LogP contribution in [0.3, 0.4) is 0 Å². The van der Waals surface area contributed by atoms with E-state index < -0.39 is 11.5 Å². The van der Waals surface area contributed by atoms with Crippen molar-refractivity contribution in [3.05, 3.63) is 90.3 Å². The molecule has 6 nitrogen and oxygen atoms in total. The van der Waals surface area contributed by atoms with Gasteiger partial charge < -0.3 is 14.7 Å². The van der Waals surface area contributed by atoms with Crippen LogP contribution >= 0.6 is 0 Å². The van der Waals surface area contributed by atoms with Crippen LogP contribution in [0.2, 0.25) is 0 Å². The Morgan fingerprint density at radius 3 is 2.55 bits per heavy atom. The molecule has 0 fully saturated rings. The minimum Gasteiger partial charge on any atom is -0.492 e. The molecular weight excluding hydrogens is 368 g/mol. The first-order chi connectivity index (χ1) is 14.1. The van der Waals surface area contributed by atoms with Gasteiger partial charge in [0.2, 0.25) is 0 Å². The van der Waals surface area contributed by atoms with Crippen LogP contribution in [0.4, 0.5) is 5.69 Å². The monoisotopic (exact) mass is 388 g/mol. The molecule has 0 saturated carbocycles. The molecule has 2 aromatic carbocycles. The molecule has 146 valence electrons. The quantitative estimate of drug-likeness (QED) is 0.630. The zero-order valence-electron chi connectivity index (χ0n) is 15.7. The Balaban J connectivity index is 1.54. The Kier molecular flexibility index (Phi) is 5.10. The van der Waals surface area contributed by atoms with E-state index in [1.165, 1.54) is 11.1 Å². The topological polar surface area (TPSA) is 79.7 Å². The third-order valence-electron chi connectivity index (χ3n) is 4.97. The summed E-state index contributed by atoms with van der Waals surface area (Å²) in [5.74, 6) is -0.159. The maximum atomic E-state index is 13.1. The van der Waals surface area contributed by atoms with Crippen molar-refractivity contribution in [2.75, 3.05) is 18.1 Å². The normalized spacial score (nSPS) is 17.8. The van der Waals surface area contributed by atoms with E-state index in [1.807, 2.05) is 30.3 Å². The Labute approximate surface area is 168 Å². The molecule has 0 aliphatic carbocycles. The fourth-order valence-corrected chi connectivity index (χ4v) is 3.53. The van der Waals surface area contributed by atoms with Gasteiger partial charge in [-0.1, -0.05) is 36.4 Å². The minimum atomic E-state index is -1.91. The standard InChI is InChI=1S/C23H20N2O4/c26-21(17-7-6-12-24-16-17)15-23(28)19-10-4-5-11-20(19)25(22(23)27)13-14-29-18-8-2-1-3-9-18/h1-12,16,28H,13-15H2/t23-/m0/s1. The molecule has 2 heterocycles. The van der Waals surface area contributed by atoms with Crippen LogP contribution in [-0.2, 0) is 10.4 Å². The van der Waals surface area contributed by atoms with Crippen molar-refractivity contribution in [1.82, 2.24) is 4.98 Å². The number of pyridine rings is 1. The van der Waals surface area contributed by atoms with E-state index in [9.17, 15) is 14.7 Å². The second-order valence-electron chi connectivity index (χ2n) is 6.84. The smallest absolute Gasteiger partial charge is 0.264 e. The molecule has 0 bridgehead atoms. The average molecular weight is 388 g/mol. The first-order valence-corrected chi connectivity index (χ1v) is 9.34. The molecule has 0 saturated heterocycles. The van der Waals surface area contributed by atoms with E-state index in [0.717, 1.165) is 0 Å². The third-order valence-corrected chi connectivity index (χ3v) is 4.97. The zero-order valence-corrected chi connectivity index (χ0v) is 15.7. The van der Waals surface area contributed by atoms with Crippen molar-refractivity contribution in [1.29, 1.82) is 0 Å². The molecule has 29 heavy (non-hydrogen) atoms. The molecule has 0 spiro atoms. The van der Waals surface area contributed by atoms with Crippen LogP contribution in [0.5, 0.6) is 5.75 Å². The van der Waals surface area contributed by atoms with Gasteiger partial charge in [-0.2, -0.15) is 0 Å². The summed E-state index contributed by atoms with van der Waals surface area (Å²) >= 11 is 0. The van der Waals surface area contributed by atoms with Gasteiger partial charge in [-0.05, 0) is 30.3 Å². The number of Topliss-reactive ketones (excluding diaryl/α,β-unsaturated/α-hetero) is 1. The van der Waals surface area contributed by atoms with Crippen LogP contribution in [-0.4, -0.2) is 34.9 Å². The number of aliphatic hydroxyl groups is 1. The van der Waals surface area contributed by atoms with Gasteiger partial charge in [0.15, 0.2) is 11.4 Å². The van der Waals surface area contributed by atoms with E-state index in [-0.39, 0.29) is 25.4 Å². The number of anilines is 1. The van der Waals surface area contributed by atoms with Crippen molar-refractivity contribution < 1.29 is 19.4 Å². The maximum absolute atomic E-state index is 13.1. The molecule has 1 N–H and O–H groups in total. The number of amides is 1. The predicted octanol–water partition coefficient (Wildman–Crippen LogP) is 2.97. The van der Waals surface area contributed by atoms with Gasteiger partial charge in [0.1, 0.15) is 12.4 Å². The van der Waals surface area contributed by atoms with E-state index in [4.69, 9.17) is 4.74 Å². The third kappa shape index (κ3) is 3.62. The number of ketones is 1. The summed E-state index contributed by atoms with van der Waals surface area (Å²) in [5.41, 5.74) is -0.523. The van der Waals surface area contributed by atoms with Crippen LogP contribution < -0.4 is 9.64 Å². The highest BCUT2D eigenvalue weighted by molar-refractivity contribution is 6.10. The molecular formula is C23H20N2O4. The highest BCUT2D eigenvalue weighted by Gasteiger charge is 2.50. The molecule has 4 rings (SSSR count). The average Bonchev–Trinajstić information content (AvgIpc) is 2.97. The lowest BCUT2D eigenvalue weighted by molar-refractivity contribution is -0.135. The maximum Gasteiger partial charge on any atom is 0.264 e.